The summed E-state index contributed by atoms with van der Waals surface area (Å²) < 4.78 is 6.19. The number of hydrogen-bond acceptors (Lipinski definition) is 7. The summed E-state index contributed by atoms with van der Waals surface area (Å²) >= 11 is 5.97. The van der Waals surface area contributed by atoms with Crippen LogP contribution in [0.15, 0.2) is 94.9 Å². The summed E-state index contributed by atoms with van der Waals surface area (Å²) in [5, 5.41) is 15.0. The van der Waals surface area contributed by atoms with Crippen LogP contribution in [-0.4, -0.2) is 34.9 Å². The number of nitrogens with zero attached hydrogens (tertiary/aromatic N) is 6. The molecule has 5 aromatic heterocycles. The van der Waals surface area contributed by atoms with Crippen LogP contribution in [0.1, 0.15) is 5.56 Å². The van der Waals surface area contributed by atoms with E-state index in [2.05, 4.69) is 30.4 Å². The van der Waals surface area contributed by atoms with Crippen molar-refractivity contribution in [2.45, 2.75) is 6.92 Å². The standard InChI is InChI=1S/C16H10ClN5O.C9H8N2O/c17-12-3-1-10(2-4-12)13-9-19-22-15(20-21-16(22)23)14(13)11-5-7-18-8-6-11;1-7-2-3-8(10-6-7)9-4-5-11-12-9/h1-9H,(H,21,23);2-6H,1H3. The van der Waals surface area contributed by atoms with E-state index in [1.165, 1.54) is 4.52 Å². The largest absolute Gasteiger partial charge is 0.364 e. The van der Waals surface area contributed by atoms with E-state index in [0.717, 1.165) is 33.5 Å². The zero-order chi connectivity index (χ0) is 24.2. The van der Waals surface area contributed by atoms with Crippen molar-refractivity contribution >= 4 is 17.2 Å². The Bertz CT molecular complexity index is 1610. The van der Waals surface area contributed by atoms with Gasteiger partial charge in [-0.15, -0.1) is 0 Å². The minimum absolute atomic E-state index is 0.377. The number of pyridine rings is 2. The van der Waals surface area contributed by atoms with Gasteiger partial charge >= 0.3 is 5.69 Å². The van der Waals surface area contributed by atoms with Gasteiger partial charge in [0.15, 0.2) is 11.4 Å². The number of hydrogen-bond donors (Lipinski definition) is 1. The first-order valence-electron chi connectivity index (χ1n) is 10.6. The lowest BCUT2D eigenvalue weighted by Crippen LogP contribution is -2.12. The molecule has 6 rings (SSSR count). The van der Waals surface area contributed by atoms with Gasteiger partial charge in [0.25, 0.3) is 0 Å². The Morgan fingerprint density at radius 1 is 0.914 bits per heavy atom. The number of fused-ring (bicyclic) bond motifs is 1. The molecule has 0 saturated carbocycles. The molecule has 5 heterocycles. The molecule has 0 fully saturated rings. The van der Waals surface area contributed by atoms with Gasteiger partial charge in [0, 0.05) is 40.8 Å². The molecule has 0 radical (unpaired) electrons. The topological polar surface area (TPSA) is 115 Å². The molecule has 172 valence electrons. The fraction of sp³-hybridized carbons (Fsp3) is 0.0400. The van der Waals surface area contributed by atoms with E-state index in [-0.39, 0.29) is 5.69 Å². The summed E-state index contributed by atoms with van der Waals surface area (Å²) in [5.41, 5.74) is 5.55. The van der Waals surface area contributed by atoms with Crippen LogP contribution in [-0.2, 0) is 0 Å². The van der Waals surface area contributed by atoms with Crippen molar-refractivity contribution < 1.29 is 4.52 Å². The van der Waals surface area contributed by atoms with Crippen LogP contribution < -0.4 is 5.69 Å². The van der Waals surface area contributed by atoms with E-state index in [1.807, 2.05) is 55.5 Å². The van der Waals surface area contributed by atoms with Gasteiger partial charge in [0.2, 0.25) is 0 Å². The smallest absolute Gasteiger partial charge is 0.355 e. The lowest BCUT2D eigenvalue weighted by molar-refractivity contribution is 0.431. The highest BCUT2D eigenvalue weighted by Gasteiger charge is 2.16. The van der Waals surface area contributed by atoms with Crippen LogP contribution in [0.5, 0.6) is 0 Å². The van der Waals surface area contributed by atoms with Crippen molar-refractivity contribution in [1.29, 1.82) is 0 Å². The predicted molar refractivity (Wildman–Crippen MR) is 132 cm³/mol. The maximum atomic E-state index is 11.8. The number of benzene rings is 1. The van der Waals surface area contributed by atoms with Gasteiger partial charge in [-0.1, -0.05) is 35.0 Å². The average Bonchev–Trinajstić information content (AvgIpc) is 3.56. The zero-order valence-electron chi connectivity index (χ0n) is 18.5. The fourth-order valence-corrected chi connectivity index (χ4v) is 3.60. The molecule has 0 aliphatic rings. The molecule has 1 aromatic carbocycles. The number of aryl methyl sites for hydroxylation is 1. The first-order valence-corrected chi connectivity index (χ1v) is 10.9. The monoisotopic (exact) mass is 483 g/mol. The minimum atomic E-state index is -0.377. The van der Waals surface area contributed by atoms with Gasteiger partial charge in [-0.05, 0) is 53.9 Å². The van der Waals surface area contributed by atoms with Crippen molar-refractivity contribution in [3.8, 4) is 33.7 Å². The summed E-state index contributed by atoms with van der Waals surface area (Å²) in [6.07, 6.45) is 8.46. The van der Waals surface area contributed by atoms with E-state index in [1.54, 1.807) is 37.1 Å². The first kappa shape index (κ1) is 22.2. The molecule has 0 spiro atoms. The van der Waals surface area contributed by atoms with Crippen LogP contribution in [0.2, 0.25) is 5.02 Å². The number of aromatic amines is 1. The Morgan fingerprint density at radius 2 is 1.71 bits per heavy atom. The molecule has 10 heteroatoms. The Morgan fingerprint density at radius 3 is 2.40 bits per heavy atom. The molecule has 35 heavy (non-hydrogen) atoms. The highest BCUT2D eigenvalue weighted by molar-refractivity contribution is 6.30. The molecule has 0 bridgehead atoms. The molecular formula is C25H18ClN7O2. The van der Waals surface area contributed by atoms with Crippen molar-refractivity contribution in [2.24, 2.45) is 0 Å². The van der Waals surface area contributed by atoms with Crippen molar-refractivity contribution in [3.63, 3.8) is 0 Å². The Balaban J connectivity index is 0.000000178. The quantitative estimate of drug-likeness (QED) is 0.382. The molecule has 6 aromatic rings. The molecule has 0 unspecified atom stereocenters. The number of H-pyrrole nitrogens is 1. The van der Waals surface area contributed by atoms with Crippen molar-refractivity contribution in [1.82, 2.24) is 34.9 Å². The molecular weight excluding hydrogens is 466 g/mol. The van der Waals surface area contributed by atoms with Crippen LogP contribution in [0.4, 0.5) is 0 Å². The minimum Gasteiger partial charge on any atom is -0.355 e. The molecule has 0 aliphatic heterocycles. The summed E-state index contributed by atoms with van der Waals surface area (Å²) in [6, 6.07) is 16.9. The maximum Gasteiger partial charge on any atom is 0.364 e. The van der Waals surface area contributed by atoms with Crippen molar-refractivity contribution in [3.05, 3.63) is 107 Å². The zero-order valence-corrected chi connectivity index (χ0v) is 19.2. The molecule has 0 atom stereocenters. The lowest BCUT2D eigenvalue weighted by Gasteiger charge is -2.10. The summed E-state index contributed by atoms with van der Waals surface area (Å²) in [5.74, 6) is 0.704. The van der Waals surface area contributed by atoms with E-state index in [0.29, 0.717) is 16.4 Å². The average molecular weight is 484 g/mol. The third-order valence-electron chi connectivity index (χ3n) is 5.17. The number of halogens is 1. The highest BCUT2D eigenvalue weighted by atomic mass is 35.5. The van der Waals surface area contributed by atoms with Crippen LogP contribution >= 0.6 is 11.6 Å². The first-order chi connectivity index (χ1) is 17.1. The predicted octanol–water partition coefficient (Wildman–Crippen LogP) is 4.85. The molecule has 9 nitrogen and oxygen atoms in total. The summed E-state index contributed by atoms with van der Waals surface area (Å²) in [4.78, 5) is 20.0. The third-order valence-corrected chi connectivity index (χ3v) is 5.42. The second-order valence-corrected chi connectivity index (χ2v) is 7.97. The highest BCUT2D eigenvalue weighted by Crippen LogP contribution is 2.33. The van der Waals surface area contributed by atoms with E-state index < -0.39 is 0 Å². The van der Waals surface area contributed by atoms with E-state index in [9.17, 15) is 4.79 Å². The van der Waals surface area contributed by atoms with Gasteiger partial charge in [-0.3, -0.25) is 9.97 Å². The van der Waals surface area contributed by atoms with Gasteiger partial charge in [-0.25, -0.2) is 9.89 Å². The Labute approximate surface area is 204 Å². The van der Waals surface area contributed by atoms with Gasteiger partial charge < -0.3 is 4.52 Å². The normalized spacial score (nSPS) is 10.7. The van der Waals surface area contributed by atoms with Gasteiger partial charge in [-0.2, -0.15) is 14.7 Å². The van der Waals surface area contributed by atoms with Crippen LogP contribution in [0.25, 0.3) is 39.4 Å². The van der Waals surface area contributed by atoms with Gasteiger partial charge in [0.1, 0.15) is 5.69 Å². The Hall–Kier alpha value is -4.63. The molecule has 0 amide bonds. The number of rotatable bonds is 3. The lowest BCUT2D eigenvalue weighted by atomic mass is 9.98. The second-order valence-electron chi connectivity index (χ2n) is 7.54. The third kappa shape index (κ3) is 4.71. The maximum absolute atomic E-state index is 11.8. The van der Waals surface area contributed by atoms with E-state index in [4.69, 9.17) is 16.1 Å². The number of nitrogens with one attached hydrogen (secondary N) is 1. The summed E-state index contributed by atoms with van der Waals surface area (Å²) in [6.45, 7) is 2.00. The molecule has 0 saturated heterocycles. The van der Waals surface area contributed by atoms with Crippen LogP contribution in [0.3, 0.4) is 0 Å². The van der Waals surface area contributed by atoms with E-state index >= 15 is 0 Å². The molecule has 0 aliphatic carbocycles. The fourth-order valence-electron chi connectivity index (χ4n) is 3.47. The SMILES string of the molecule is Cc1ccc(-c2ccno2)nc1.O=c1[nH]nc2c(-c3ccncc3)c(-c3ccc(Cl)cc3)cnn12. The molecule has 1 N–H and O–H groups in total. The second kappa shape index (κ2) is 9.70. The summed E-state index contributed by atoms with van der Waals surface area (Å²) in [7, 11) is 0. The number of aromatic nitrogens is 7. The Kier molecular flexibility index (Phi) is 6.15. The van der Waals surface area contributed by atoms with Gasteiger partial charge in [0.05, 0.1) is 12.4 Å². The van der Waals surface area contributed by atoms with Crippen molar-refractivity contribution in [2.75, 3.05) is 0 Å². The van der Waals surface area contributed by atoms with Crippen LogP contribution in [0, 0.1) is 6.92 Å².